The highest BCUT2D eigenvalue weighted by molar-refractivity contribution is 9.10. The molecule has 1 aromatic heterocycles. The molecule has 1 saturated carbocycles. The number of anilines is 1. The summed E-state index contributed by atoms with van der Waals surface area (Å²) >= 11 is 3.63. The van der Waals surface area contributed by atoms with Crippen LogP contribution in [-0.4, -0.2) is 27.8 Å². The molecule has 1 atom stereocenters. The summed E-state index contributed by atoms with van der Waals surface area (Å²) in [5, 5.41) is 3.25. The topological polar surface area (TPSA) is 78.1 Å². The molecular formula is C28H33BrN4O2. The largest absolute Gasteiger partial charge is 0.351 e. The first-order chi connectivity index (χ1) is 16.8. The van der Waals surface area contributed by atoms with Crippen LogP contribution in [0.25, 0.3) is 0 Å². The summed E-state index contributed by atoms with van der Waals surface area (Å²) in [6, 6.07) is 14.8. The smallest absolute Gasteiger partial charge is 0.277 e. The number of nitrogens with one attached hydrogen (secondary N) is 2. The van der Waals surface area contributed by atoms with Gasteiger partial charge in [-0.15, -0.1) is 0 Å². The number of rotatable bonds is 6. The SMILES string of the molecule is CC(C)(C)c1ccc(N(C(=O)c2cnc[nH]2)C(C(=O)NC2CCCCC2)c2ccccc2Br)cc1. The van der Waals surface area contributed by atoms with Crippen molar-refractivity contribution < 1.29 is 9.59 Å². The molecule has 4 rings (SSSR count). The lowest BCUT2D eigenvalue weighted by molar-refractivity contribution is -0.123. The van der Waals surface area contributed by atoms with Crippen molar-refractivity contribution in [3.8, 4) is 0 Å². The van der Waals surface area contributed by atoms with Gasteiger partial charge in [0.1, 0.15) is 11.7 Å². The second-order valence-electron chi connectivity index (χ2n) is 10.2. The Morgan fingerprint density at radius 1 is 1.06 bits per heavy atom. The normalized spacial score (nSPS) is 15.4. The molecule has 35 heavy (non-hydrogen) atoms. The van der Waals surface area contributed by atoms with E-state index in [0.29, 0.717) is 11.4 Å². The fraction of sp³-hybridized carbons (Fsp3) is 0.393. The molecule has 1 unspecified atom stereocenters. The molecule has 0 radical (unpaired) electrons. The Labute approximate surface area is 215 Å². The maximum absolute atomic E-state index is 13.9. The van der Waals surface area contributed by atoms with Crippen LogP contribution in [0, 0.1) is 0 Å². The van der Waals surface area contributed by atoms with E-state index in [-0.39, 0.29) is 23.3 Å². The lowest BCUT2D eigenvalue weighted by atomic mass is 9.87. The van der Waals surface area contributed by atoms with Gasteiger partial charge in [-0.2, -0.15) is 0 Å². The van der Waals surface area contributed by atoms with Gasteiger partial charge in [-0.25, -0.2) is 4.98 Å². The van der Waals surface area contributed by atoms with Gasteiger partial charge in [0, 0.05) is 16.2 Å². The number of carbonyl (C=O) groups excluding carboxylic acids is 2. The van der Waals surface area contributed by atoms with Crippen LogP contribution < -0.4 is 10.2 Å². The maximum atomic E-state index is 13.9. The molecule has 1 aliphatic carbocycles. The summed E-state index contributed by atoms with van der Waals surface area (Å²) in [5.41, 5.74) is 2.83. The van der Waals surface area contributed by atoms with Gasteiger partial charge in [0.2, 0.25) is 5.91 Å². The average molecular weight is 538 g/mol. The van der Waals surface area contributed by atoms with Crippen molar-refractivity contribution in [2.45, 2.75) is 70.4 Å². The Bertz CT molecular complexity index is 1150. The number of halogens is 1. The lowest BCUT2D eigenvalue weighted by Crippen LogP contribution is -2.47. The number of hydrogen-bond acceptors (Lipinski definition) is 3. The summed E-state index contributed by atoms with van der Waals surface area (Å²) in [4.78, 5) is 36.3. The first kappa shape index (κ1) is 25.2. The Kier molecular flexibility index (Phi) is 7.75. The first-order valence-corrected chi connectivity index (χ1v) is 13.0. The molecule has 1 fully saturated rings. The highest BCUT2D eigenvalue weighted by Crippen LogP contribution is 2.35. The van der Waals surface area contributed by atoms with Gasteiger partial charge in [-0.05, 0) is 47.6 Å². The number of carbonyl (C=O) groups is 2. The molecule has 2 amide bonds. The molecule has 184 valence electrons. The van der Waals surface area contributed by atoms with Crippen LogP contribution in [0.15, 0.2) is 65.5 Å². The quantitative estimate of drug-likeness (QED) is 0.387. The summed E-state index contributed by atoms with van der Waals surface area (Å²) in [6.07, 6.45) is 8.31. The van der Waals surface area contributed by atoms with Gasteiger partial charge in [-0.3, -0.25) is 14.5 Å². The average Bonchev–Trinajstić information content (AvgIpc) is 3.38. The van der Waals surface area contributed by atoms with E-state index in [9.17, 15) is 9.59 Å². The van der Waals surface area contributed by atoms with Gasteiger partial charge in [-0.1, -0.05) is 86.3 Å². The van der Waals surface area contributed by atoms with Crippen LogP contribution in [0.4, 0.5) is 5.69 Å². The monoisotopic (exact) mass is 536 g/mol. The van der Waals surface area contributed by atoms with Crippen molar-refractivity contribution >= 4 is 33.4 Å². The molecule has 1 aliphatic rings. The van der Waals surface area contributed by atoms with Crippen LogP contribution in [0.3, 0.4) is 0 Å². The van der Waals surface area contributed by atoms with E-state index in [1.165, 1.54) is 18.9 Å². The Hall–Kier alpha value is -2.93. The number of hydrogen-bond donors (Lipinski definition) is 2. The van der Waals surface area contributed by atoms with Gasteiger partial charge >= 0.3 is 0 Å². The van der Waals surface area contributed by atoms with Crippen LogP contribution in [0.1, 0.15) is 80.5 Å². The number of benzene rings is 2. The minimum Gasteiger partial charge on any atom is -0.351 e. The molecule has 2 aromatic carbocycles. The minimum atomic E-state index is -0.858. The van der Waals surface area contributed by atoms with E-state index >= 15 is 0 Å². The third-order valence-corrected chi connectivity index (χ3v) is 7.34. The zero-order chi connectivity index (χ0) is 25.0. The summed E-state index contributed by atoms with van der Waals surface area (Å²) in [5.74, 6) is -0.498. The fourth-order valence-corrected chi connectivity index (χ4v) is 5.13. The van der Waals surface area contributed by atoms with Crippen LogP contribution in [0.2, 0.25) is 0 Å². The predicted octanol–water partition coefficient (Wildman–Crippen LogP) is 6.31. The van der Waals surface area contributed by atoms with Crippen molar-refractivity contribution in [2.24, 2.45) is 0 Å². The van der Waals surface area contributed by atoms with E-state index in [1.807, 2.05) is 48.5 Å². The zero-order valence-electron chi connectivity index (χ0n) is 20.6. The number of amides is 2. The van der Waals surface area contributed by atoms with Gasteiger partial charge < -0.3 is 10.3 Å². The highest BCUT2D eigenvalue weighted by Gasteiger charge is 2.36. The number of nitrogens with zero attached hydrogens (tertiary/aromatic N) is 2. The maximum Gasteiger partial charge on any atom is 0.277 e. The van der Waals surface area contributed by atoms with Gasteiger partial charge in [0.25, 0.3) is 5.91 Å². The number of H-pyrrole nitrogens is 1. The van der Waals surface area contributed by atoms with Crippen molar-refractivity contribution in [3.05, 3.63) is 82.3 Å². The van der Waals surface area contributed by atoms with Gasteiger partial charge in [0.05, 0.1) is 12.5 Å². The molecule has 6 nitrogen and oxygen atoms in total. The minimum absolute atomic E-state index is 0.0308. The summed E-state index contributed by atoms with van der Waals surface area (Å²) in [6.45, 7) is 6.45. The number of aromatic nitrogens is 2. The molecule has 0 aliphatic heterocycles. The van der Waals surface area contributed by atoms with Crippen LogP contribution >= 0.6 is 15.9 Å². The summed E-state index contributed by atoms with van der Waals surface area (Å²) in [7, 11) is 0. The second kappa shape index (κ2) is 10.8. The first-order valence-electron chi connectivity index (χ1n) is 12.2. The standard InChI is InChI=1S/C28H33BrN4O2/c1-28(2,3)19-13-15-21(16-14-19)33(27(35)24-17-30-18-31-24)25(22-11-7-8-12-23(22)29)26(34)32-20-9-5-4-6-10-20/h7-8,11-18,20,25H,4-6,9-10H2,1-3H3,(H,30,31)(H,32,34). The highest BCUT2D eigenvalue weighted by atomic mass is 79.9. The van der Waals surface area contributed by atoms with E-state index in [1.54, 1.807) is 4.90 Å². The predicted molar refractivity (Wildman–Crippen MR) is 142 cm³/mol. The Balaban J connectivity index is 1.81. The number of imidazole rings is 1. The molecule has 2 N–H and O–H groups in total. The number of aromatic amines is 1. The third-order valence-electron chi connectivity index (χ3n) is 6.62. The molecule has 7 heteroatoms. The molecule has 3 aromatic rings. The molecule has 0 saturated heterocycles. The van der Waals surface area contributed by atoms with Crippen LogP contribution in [-0.2, 0) is 10.2 Å². The molecule has 1 heterocycles. The second-order valence-corrected chi connectivity index (χ2v) is 11.1. The Morgan fingerprint density at radius 2 is 1.74 bits per heavy atom. The molecular weight excluding hydrogens is 504 g/mol. The van der Waals surface area contributed by atoms with Crippen molar-refractivity contribution in [1.29, 1.82) is 0 Å². The molecule has 0 spiro atoms. The van der Waals surface area contributed by atoms with Crippen LogP contribution in [0.5, 0.6) is 0 Å². The summed E-state index contributed by atoms with van der Waals surface area (Å²) < 4.78 is 0.775. The fourth-order valence-electron chi connectivity index (χ4n) is 4.63. The van der Waals surface area contributed by atoms with E-state index in [4.69, 9.17) is 0 Å². The van der Waals surface area contributed by atoms with Crippen molar-refractivity contribution in [2.75, 3.05) is 4.90 Å². The molecule has 0 bridgehead atoms. The third kappa shape index (κ3) is 5.84. The van der Waals surface area contributed by atoms with E-state index in [0.717, 1.165) is 41.3 Å². The lowest BCUT2D eigenvalue weighted by Gasteiger charge is -2.34. The van der Waals surface area contributed by atoms with E-state index in [2.05, 4.69) is 52.0 Å². The Morgan fingerprint density at radius 3 is 2.34 bits per heavy atom. The van der Waals surface area contributed by atoms with Crippen molar-refractivity contribution in [1.82, 2.24) is 15.3 Å². The van der Waals surface area contributed by atoms with E-state index < -0.39 is 6.04 Å². The van der Waals surface area contributed by atoms with Gasteiger partial charge in [0.15, 0.2) is 0 Å². The van der Waals surface area contributed by atoms with Crippen molar-refractivity contribution in [3.63, 3.8) is 0 Å². The zero-order valence-corrected chi connectivity index (χ0v) is 22.1.